The van der Waals surface area contributed by atoms with Gasteiger partial charge in [0.15, 0.2) is 0 Å². The number of para-hydroxylation sites is 2. The van der Waals surface area contributed by atoms with Gasteiger partial charge in [-0.25, -0.2) is 21.2 Å². The van der Waals surface area contributed by atoms with Crippen molar-refractivity contribution in [2.24, 2.45) is 0 Å². The molecule has 0 saturated heterocycles. The Balaban J connectivity index is 1.92. The van der Waals surface area contributed by atoms with E-state index in [0.717, 1.165) is 24.3 Å². The molecule has 0 radical (unpaired) electrons. The van der Waals surface area contributed by atoms with Crippen molar-refractivity contribution >= 4 is 47.4 Å². The lowest BCUT2D eigenvalue weighted by Crippen LogP contribution is -2.17. The monoisotopic (exact) mass is 484 g/mol. The van der Waals surface area contributed by atoms with Crippen LogP contribution in [0.5, 0.6) is 0 Å². The van der Waals surface area contributed by atoms with Gasteiger partial charge in [0.1, 0.15) is 5.82 Å². The van der Waals surface area contributed by atoms with Crippen LogP contribution >= 0.6 is 15.9 Å². The van der Waals surface area contributed by atoms with Crippen molar-refractivity contribution in [2.75, 3.05) is 9.44 Å². The lowest BCUT2D eigenvalue weighted by molar-refractivity contribution is 0.598. The lowest BCUT2D eigenvalue weighted by atomic mass is 10.3. The minimum atomic E-state index is -4.04. The third-order valence-electron chi connectivity index (χ3n) is 3.65. The van der Waals surface area contributed by atoms with Crippen LogP contribution in [0.2, 0.25) is 0 Å². The zero-order valence-corrected chi connectivity index (χ0v) is 17.4. The van der Waals surface area contributed by atoms with Gasteiger partial charge >= 0.3 is 0 Å². The van der Waals surface area contributed by atoms with Crippen LogP contribution in [0.25, 0.3) is 0 Å². The predicted octanol–water partition coefficient (Wildman–Crippen LogP) is 4.19. The number of halogens is 2. The molecule has 6 nitrogen and oxygen atoms in total. The van der Waals surface area contributed by atoms with E-state index >= 15 is 0 Å². The van der Waals surface area contributed by atoms with Gasteiger partial charge in [-0.15, -0.1) is 0 Å². The number of hydrogen-bond donors (Lipinski definition) is 2. The largest absolute Gasteiger partial charge is 0.277 e. The van der Waals surface area contributed by atoms with Crippen LogP contribution in [0.15, 0.2) is 87.1 Å². The predicted molar refractivity (Wildman–Crippen MR) is 109 cm³/mol. The summed E-state index contributed by atoms with van der Waals surface area (Å²) in [6, 6.07) is 16.3. The quantitative estimate of drug-likeness (QED) is 0.548. The first kappa shape index (κ1) is 20.3. The summed E-state index contributed by atoms with van der Waals surface area (Å²) in [7, 11) is -7.99. The average molecular weight is 485 g/mol. The van der Waals surface area contributed by atoms with Gasteiger partial charge in [0.25, 0.3) is 20.0 Å². The molecule has 0 aliphatic heterocycles. The highest BCUT2D eigenvalue weighted by Crippen LogP contribution is 2.27. The zero-order chi connectivity index (χ0) is 20.4. The molecule has 0 heterocycles. The van der Waals surface area contributed by atoms with E-state index in [1.807, 2.05) is 0 Å². The number of anilines is 2. The van der Waals surface area contributed by atoms with E-state index in [4.69, 9.17) is 0 Å². The summed E-state index contributed by atoms with van der Waals surface area (Å²) in [5, 5.41) is 0. The van der Waals surface area contributed by atoms with Crippen LogP contribution in [-0.4, -0.2) is 16.8 Å². The molecule has 10 heteroatoms. The van der Waals surface area contributed by atoms with E-state index in [-0.39, 0.29) is 21.2 Å². The third-order valence-corrected chi connectivity index (χ3v) is 6.88. The van der Waals surface area contributed by atoms with E-state index in [0.29, 0.717) is 4.47 Å². The van der Waals surface area contributed by atoms with Crippen molar-refractivity contribution in [2.45, 2.75) is 9.79 Å². The first-order valence-corrected chi connectivity index (χ1v) is 11.6. The van der Waals surface area contributed by atoms with Crippen molar-refractivity contribution in [1.29, 1.82) is 0 Å². The van der Waals surface area contributed by atoms with Gasteiger partial charge in [0.2, 0.25) is 0 Å². The Labute approximate surface area is 170 Å². The second kappa shape index (κ2) is 7.90. The van der Waals surface area contributed by atoms with E-state index < -0.39 is 25.9 Å². The van der Waals surface area contributed by atoms with E-state index in [1.54, 1.807) is 24.3 Å². The SMILES string of the molecule is O=S(=O)(Nc1ccccc1NS(=O)(=O)c1cccc(Br)c1)c1ccc(F)cc1. The molecule has 3 aromatic carbocycles. The van der Waals surface area contributed by atoms with Crippen LogP contribution in [-0.2, 0) is 20.0 Å². The average Bonchev–Trinajstić information content (AvgIpc) is 2.63. The van der Waals surface area contributed by atoms with Gasteiger partial charge < -0.3 is 0 Å². The lowest BCUT2D eigenvalue weighted by Gasteiger charge is -2.14. The molecule has 0 spiro atoms. The maximum Gasteiger partial charge on any atom is 0.262 e. The molecular weight excluding hydrogens is 471 g/mol. The van der Waals surface area contributed by atoms with E-state index in [1.165, 1.54) is 24.3 Å². The molecular formula is C18H14BrFN2O4S2. The molecule has 0 bridgehead atoms. The first-order chi connectivity index (χ1) is 13.2. The number of hydrogen-bond acceptors (Lipinski definition) is 4. The maximum atomic E-state index is 13.0. The second-order valence-corrected chi connectivity index (χ2v) is 9.95. The number of nitrogens with one attached hydrogen (secondary N) is 2. The van der Waals surface area contributed by atoms with Gasteiger partial charge in [-0.2, -0.15) is 0 Å². The standard InChI is InChI=1S/C18H14BrFN2O4S2/c19-13-4-3-5-16(12-13)28(25,26)22-18-7-2-1-6-17(18)21-27(23,24)15-10-8-14(20)9-11-15/h1-12,21-22H. The van der Waals surface area contributed by atoms with E-state index in [9.17, 15) is 21.2 Å². The second-order valence-electron chi connectivity index (χ2n) is 5.67. The van der Waals surface area contributed by atoms with Gasteiger partial charge in [0, 0.05) is 4.47 Å². The van der Waals surface area contributed by atoms with Gasteiger partial charge in [0.05, 0.1) is 21.2 Å². The first-order valence-electron chi connectivity index (χ1n) is 7.83. The number of rotatable bonds is 6. The molecule has 146 valence electrons. The fourth-order valence-electron chi connectivity index (χ4n) is 2.32. The van der Waals surface area contributed by atoms with Crippen LogP contribution in [0.3, 0.4) is 0 Å². The molecule has 0 aliphatic carbocycles. The fraction of sp³-hybridized carbons (Fsp3) is 0. The van der Waals surface area contributed by atoms with Crippen LogP contribution in [0.1, 0.15) is 0 Å². The summed E-state index contributed by atoms with van der Waals surface area (Å²) in [6.07, 6.45) is 0. The summed E-state index contributed by atoms with van der Waals surface area (Å²) in [5.74, 6) is -0.568. The van der Waals surface area contributed by atoms with Gasteiger partial charge in [-0.05, 0) is 54.6 Å². The van der Waals surface area contributed by atoms with Crippen LogP contribution in [0.4, 0.5) is 15.8 Å². The summed E-state index contributed by atoms with van der Waals surface area (Å²) in [5.41, 5.74) is 0.0820. The summed E-state index contributed by atoms with van der Waals surface area (Å²) >= 11 is 3.21. The Morgan fingerprint density at radius 3 is 1.75 bits per heavy atom. The minimum Gasteiger partial charge on any atom is -0.277 e. The Morgan fingerprint density at radius 1 is 0.679 bits per heavy atom. The van der Waals surface area contributed by atoms with Gasteiger partial charge in [-0.1, -0.05) is 34.1 Å². The summed E-state index contributed by atoms with van der Waals surface area (Å²) in [6.45, 7) is 0. The highest BCUT2D eigenvalue weighted by Gasteiger charge is 2.20. The van der Waals surface area contributed by atoms with Crippen molar-refractivity contribution in [1.82, 2.24) is 0 Å². The number of sulfonamides is 2. The highest BCUT2D eigenvalue weighted by molar-refractivity contribution is 9.10. The van der Waals surface area contributed by atoms with Crippen LogP contribution < -0.4 is 9.44 Å². The van der Waals surface area contributed by atoms with Crippen molar-refractivity contribution < 1.29 is 21.2 Å². The van der Waals surface area contributed by atoms with Crippen molar-refractivity contribution in [3.63, 3.8) is 0 Å². The molecule has 2 N–H and O–H groups in total. The van der Waals surface area contributed by atoms with Crippen molar-refractivity contribution in [3.05, 3.63) is 83.1 Å². The maximum absolute atomic E-state index is 13.0. The normalized spacial score (nSPS) is 11.8. The molecule has 0 aromatic heterocycles. The molecule has 3 rings (SSSR count). The third kappa shape index (κ3) is 4.70. The molecule has 0 atom stereocenters. The Hall–Kier alpha value is -2.43. The Bertz CT molecular complexity index is 1210. The van der Waals surface area contributed by atoms with Gasteiger partial charge in [-0.3, -0.25) is 9.44 Å². The zero-order valence-electron chi connectivity index (χ0n) is 14.1. The molecule has 0 fully saturated rings. The molecule has 0 saturated carbocycles. The molecule has 0 amide bonds. The van der Waals surface area contributed by atoms with Crippen molar-refractivity contribution in [3.8, 4) is 0 Å². The molecule has 0 unspecified atom stereocenters. The number of benzene rings is 3. The fourth-order valence-corrected chi connectivity index (χ4v) is 5.07. The smallest absolute Gasteiger partial charge is 0.262 e. The Kier molecular flexibility index (Phi) is 5.73. The Morgan fingerprint density at radius 2 is 1.21 bits per heavy atom. The summed E-state index contributed by atoms with van der Waals surface area (Å²) < 4.78 is 68.6. The van der Waals surface area contributed by atoms with E-state index in [2.05, 4.69) is 25.4 Å². The topological polar surface area (TPSA) is 92.3 Å². The summed E-state index contributed by atoms with van der Waals surface area (Å²) in [4.78, 5) is -0.142. The molecule has 3 aromatic rings. The van der Waals surface area contributed by atoms with Crippen LogP contribution in [0, 0.1) is 5.82 Å². The highest BCUT2D eigenvalue weighted by atomic mass is 79.9. The minimum absolute atomic E-state index is 0.0121. The molecule has 0 aliphatic rings. The molecule has 28 heavy (non-hydrogen) atoms.